The van der Waals surface area contributed by atoms with Gasteiger partial charge in [-0.2, -0.15) is 4.98 Å². The van der Waals surface area contributed by atoms with Crippen LogP contribution < -0.4 is 4.74 Å². The second-order valence-corrected chi connectivity index (χ2v) is 5.50. The Morgan fingerprint density at radius 2 is 1.70 bits per heavy atom. The molecule has 0 atom stereocenters. The number of benzene rings is 1. The molecular weight excluding hydrogens is 316 g/mol. The monoisotopic (exact) mass is 334 g/mol. The van der Waals surface area contributed by atoms with Crippen LogP contribution in [0.2, 0.25) is 0 Å². The van der Waals surface area contributed by atoms with Gasteiger partial charge < -0.3 is 4.74 Å². The number of aromatic nitrogens is 2. The van der Waals surface area contributed by atoms with Gasteiger partial charge in [-0.15, -0.1) is 0 Å². The van der Waals surface area contributed by atoms with Gasteiger partial charge in [-0.3, -0.25) is 0 Å². The number of ether oxygens (including phenoxy) is 1. The van der Waals surface area contributed by atoms with Gasteiger partial charge in [0.25, 0.3) is 0 Å². The highest BCUT2D eigenvalue weighted by Crippen LogP contribution is 2.23. The molecule has 1 aromatic carbocycles. The fourth-order valence-corrected chi connectivity index (χ4v) is 2.36. The summed E-state index contributed by atoms with van der Waals surface area (Å²) in [6.45, 7) is 4.29. The number of halogens is 1. The molecule has 4 heteroatoms. The summed E-state index contributed by atoms with van der Waals surface area (Å²) in [7, 11) is 0. The second kappa shape index (κ2) is 7.39. The maximum Gasteiger partial charge on any atom is 0.223 e. The van der Waals surface area contributed by atoms with Crippen molar-refractivity contribution in [3.05, 3.63) is 46.3 Å². The Balaban J connectivity index is 2.12. The molecule has 3 nitrogen and oxygen atoms in total. The number of nitrogens with zero attached hydrogens (tertiary/aromatic N) is 2. The van der Waals surface area contributed by atoms with Crippen molar-refractivity contribution in [1.82, 2.24) is 9.97 Å². The quantitative estimate of drug-likeness (QED) is 0.702. The molecule has 0 radical (unpaired) electrons. The first-order valence-corrected chi connectivity index (χ1v) is 7.80. The van der Waals surface area contributed by atoms with E-state index in [0.717, 1.165) is 41.9 Å². The van der Waals surface area contributed by atoms with Crippen LogP contribution in [0.25, 0.3) is 0 Å². The molecule has 0 aliphatic carbocycles. The second-order valence-electron chi connectivity index (χ2n) is 4.69. The topological polar surface area (TPSA) is 35.0 Å². The summed E-state index contributed by atoms with van der Waals surface area (Å²) in [6, 6.07) is 9.96. The van der Waals surface area contributed by atoms with E-state index in [-0.39, 0.29) is 0 Å². The third-order valence-electron chi connectivity index (χ3n) is 2.88. The van der Waals surface area contributed by atoms with Crippen molar-refractivity contribution in [2.45, 2.75) is 39.5 Å². The third-order valence-corrected chi connectivity index (χ3v) is 3.28. The van der Waals surface area contributed by atoms with E-state index in [1.165, 1.54) is 5.56 Å². The molecule has 0 fully saturated rings. The molecule has 106 valence electrons. The summed E-state index contributed by atoms with van der Waals surface area (Å²) in [6.07, 6.45) is 4.12. The fraction of sp³-hybridized carbons (Fsp3) is 0.375. The van der Waals surface area contributed by atoms with Gasteiger partial charge in [0.2, 0.25) is 5.88 Å². The zero-order valence-electron chi connectivity index (χ0n) is 11.9. The van der Waals surface area contributed by atoms with Crippen LogP contribution in [0, 0.1) is 0 Å². The van der Waals surface area contributed by atoms with E-state index >= 15 is 0 Å². The van der Waals surface area contributed by atoms with Gasteiger partial charge in [0.1, 0.15) is 16.2 Å². The highest BCUT2D eigenvalue weighted by Gasteiger charge is 2.05. The lowest BCUT2D eigenvalue weighted by Crippen LogP contribution is -1.98. The third kappa shape index (κ3) is 4.30. The summed E-state index contributed by atoms with van der Waals surface area (Å²) in [5.41, 5.74) is 1.33. The molecule has 0 unspecified atom stereocenters. The molecular formula is C16H19BrN2O. The van der Waals surface area contributed by atoms with Crippen LogP contribution in [0.15, 0.2) is 34.9 Å². The van der Waals surface area contributed by atoms with E-state index in [4.69, 9.17) is 4.74 Å². The molecule has 0 N–H and O–H groups in total. The van der Waals surface area contributed by atoms with Crippen molar-refractivity contribution in [2.75, 3.05) is 0 Å². The van der Waals surface area contributed by atoms with Gasteiger partial charge in [-0.05, 0) is 46.5 Å². The van der Waals surface area contributed by atoms with Gasteiger partial charge in [-0.1, -0.05) is 32.4 Å². The number of hydrogen-bond acceptors (Lipinski definition) is 3. The lowest BCUT2D eigenvalue weighted by Gasteiger charge is -2.07. The van der Waals surface area contributed by atoms with Gasteiger partial charge >= 0.3 is 0 Å². The molecule has 0 aliphatic rings. The zero-order valence-corrected chi connectivity index (χ0v) is 13.5. The predicted molar refractivity (Wildman–Crippen MR) is 84.2 cm³/mol. The zero-order chi connectivity index (χ0) is 14.4. The minimum Gasteiger partial charge on any atom is -0.439 e. The largest absolute Gasteiger partial charge is 0.439 e. The Bertz CT molecular complexity index is 555. The number of aryl methyl sites for hydroxylation is 2. The molecule has 0 amide bonds. The van der Waals surface area contributed by atoms with E-state index in [0.29, 0.717) is 5.88 Å². The first kappa shape index (κ1) is 15.0. The Hall–Kier alpha value is -1.42. The van der Waals surface area contributed by atoms with Crippen LogP contribution in [-0.2, 0) is 12.8 Å². The van der Waals surface area contributed by atoms with Crippen LogP contribution in [0.5, 0.6) is 11.6 Å². The van der Waals surface area contributed by atoms with E-state index in [1.54, 1.807) is 6.07 Å². The average molecular weight is 335 g/mol. The number of hydrogen-bond donors (Lipinski definition) is 0. The van der Waals surface area contributed by atoms with Crippen LogP contribution >= 0.6 is 15.9 Å². The van der Waals surface area contributed by atoms with Crippen molar-refractivity contribution in [1.29, 1.82) is 0 Å². The molecule has 1 aromatic heterocycles. The highest BCUT2D eigenvalue weighted by molar-refractivity contribution is 9.10. The standard InChI is InChI=1S/C16H19BrN2O/c1-3-5-12-7-9-13(10-8-12)20-16-11-14(17)18-15(19-16)6-4-2/h7-11H,3-6H2,1-2H3. The number of rotatable bonds is 6. The molecule has 2 aromatic rings. The molecule has 1 heterocycles. The van der Waals surface area contributed by atoms with Gasteiger partial charge in [0.05, 0.1) is 0 Å². The van der Waals surface area contributed by atoms with Crippen molar-refractivity contribution < 1.29 is 4.74 Å². The minimum absolute atomic E-state index is 0.582. The average Bonchev–Trinajstić information content (AvgIpc) is 2.41. The van der Waals surface area contributed by atoms with Crippen LogP contribution in [0.4, 0.5) is 0 Å². The van der Waals surface area contributed by atoms with E-state index in [1.807, 2.05) is 12.1 Å². The van der Waals surface area contributed by atoms with Crippen molar-refractivity contribution in [2.24, 2.45) is 0 Å². The Morgan fingerprint density at radius 1 is 1.00 bits per heavy atom. The summed E-state index contributed by atoms with van der Waals surface area (Å²) >= 11 is 3.40. The normalized spacial score (nSPS) is 10.6. The van der Waals surface area contributed by atoms with Crippen LogP contribution in [0.1, 0.15) is 38.1 Å². The maximum atomic E-state index is 5.80. The van der Waals surface area contributed by atoms with E-state index < -0.39 is 0 Å². The predicted octanol–water partition coefficient (Wildman–Crippen LogP) is 4.94. The Morgan fingerprint density at radius 3 is 2.35 bits per heavy atom. The molecule has 0 aliphatic heterocycles. The Kier molecular flexibility index (Phi) is 5.53. The lowest BCUT2D eigenvalue weighted by molar-refractivity contribution is 0.457. The smallest absolute Gasteiger partial charge is 0.223 e. The van der Waals surface area contributed by atoms with Crippen molar-refractivity contribution in [3.63, 3.8) is 0 Å². The molecule has 20 heavy (non-hydrogen) atoms. The molecule has 0 spiro atoms. The van der Waals surface area contributed by atoms with Crippen LogP contribution in [0.3, 0.4) is 0 Å². The molecule has 2 rings (SSSR count). The van der Waals surface area contributed by atoms with Gasteiger partial charge in [0.15, 0.2) is 0 Å². The first-order chi connectivity index (χ1) is 9.71. The molecule has 0 saturated carbocycles. The minimum atomic E-state index is 0.582. The summed E-state index contributed by atoms with van der Waals surface area (Å²) in [4.78, 5) is 8.74. The summed E-state index contributed by atoms with van der Waals surface area (Å²) < 4.78 is 6.56. The van der Waals surface area contributed by atoms with Gasteiger partial charge in [0, 0.05) is 12.5 Å². The fourth-order valence-electron chi connectivity index (χ4n) is 1.96. The Labute approximate surface area is 128 Å². The van der Waals surface area contributed by atoms with Crippen LogP contribution in [-0.4, -0.2) is 9.97 Å². The first-order valence-electron chi connectivity index (χ1n) is 7.01. The molecule has 0 saturated heterocycles. The van der Waals surface area contributed by atoms with Crippen molar-refractivity contribution >= 4 is 15.9 Å². The van der Waals surface area contributed by atoms with Crippen molar-refractivity contribution in [3.8, 4) is 11.6 Å². The van der Waals surface area contributed by atoms with E-state index in [2.05, 4.69) is 51.9 Å². The lowest BCUT2D eigenvalue weighted by atomic mass is 10.1. The van der Waals surface area contributed by atoms with E-state index in [9.17, 15) is 0 Å². The SMILES string of the molecule is CCCc1ccc(Oc2cc(Br)nc(CCC)n2)cc1. The summed E-state index contributed by atoms with van der Waals surface area (Å²) in [5, 5.41) is 0. The highest BCUT2D eigenvalue weighted by atomic mass is 79.9. The summed E-state index contributed by atoms with van der Waals surface area (Å²) in [5.74, 6) is 2.19. The maximum absolute atomic E-state index is 5.80. The molecule has 0 bridgehead atoms. The van der Waals surface area contributed by atoms with Gasteiger partial charge in [-0.25, -0.2) is 4.98 Å².